The lowest BCUT2D eigenvalue weighted by molar-refractivity contribution is -0.120. The van der Waals surface area contributed by atoms with Crippen LogP contribution in [0.5, 0.6) is 0 Å². The van der Waals surface area contributed by atoms with E-state index in [0.29, 0.717) is 21.3 Å². The average molecular weight is 362 g/mol. The molecule has 0 saturated carbocycles. The molecule has 1 atom stereocenters. The van der Waals surface area contributed by atoms with E-state index in [4.69, 9.17) is 23.2 Å². The lowest BCUT2D eigenvalue weighted by Gasteiger charge is -2.21. The summed E-state index contributed by atoms with van der Waals surface area (Å²) in [7, 11) is 0. The summed E-state index contributed by atoms with van der Waals surface area (Å²) in [5.74, 6) is -0.302. The number of hydrogen-bond acceptors (Lipinski definition) is 4. The predicted octanol–water partition coefficient (Wildman–Crippen LogP) is 3.53. The van der Waals surface area contributed by atoms with Crippen molar-refractivity contribution in [2.24, 2.45) is 4.99 Å². The number of nitrogens with zero attached hydrogens (tertiary/aromatic N) is 1. The molecule has 1 heterocycles. The largest absolute Gasteiger partial charge is 0.325 e. The Bertz CT molecular complexity index is 822. The topological polar surface area (TPSA) is 70.6 Å². The van der Waals surface area contributed by atoms with E-state index in [9.17, 15) is 9.59 Å². The Hall–Kier alpha value is -2.37. The average Bonchev–Trinajstić information content (AvgIpc) is 2.57. The number of carbonyl (C=O) groups excluding carboxylic acids is 2. The highest BCUT2D eigenvalue weighted by atomic mass is 35.5. The van der Waals surface area contributed by atoms with Crippen LogP contribution in [-0.4, -0.2) is 23.7 Å². The fraction of sp³-hybridized carbons (Fsp3) is 0.118. The van der Waals surface area contributed by atoms with Gasteiger partial charge >= 0.3 is 0 Å². The number of benzene rings is 2. The van der Waals surface area contributed by atoms with E-state index in [0.717, 1.165) is 0 Å². The Kier molecular flexibility index (Phi) is 4.83. The molecule has 0 saturated heterocycles. The maximum absolute atomic E-state index is 12.5. The van der Waals surface area contributed by atoms with Crippen molar-refractivity contribution in [3.8, 4) is 0 Å². The molecule has 2 aromatic rings. The van der Waals surface area contributed by atoms with Crippen LogP contribution in [0.3, 0.4) is 0 Å². The summed E-state index contributed by atoms with van der Waals surface area (Å²) < 4.78 is 0. The van der Waals surface area contributed by atoms with E-state index in [1.54, 1.807) is 42.5 Å². The van der Waals surface area contributed by atoms with Gasteiger partial charge in [-0.25, -0.2) is 4.99 Å². The smallest absolute Gasteiger partial charge is 0.229 e. The molecule has 1 amide bonds. The third kappa shape index (κ3) is 3.75. The molecule has 0 fully saturated rings. The van der Waals surface area contributed by atoms with Crippen LogP contribution in [0.1, 0.15) is 16.8 Å². The summed E-state index contributed by atoms with van der Waals surface area (Å²) in [6, 6.07) is 12.9. The number of halogens is 2. The highest BCUT2D eigenvalue weighted by molar-refractivity contribution is 6.36. The molecule has 1 aliphatic heterocycles. The highest BCUT2D eigenvalue weighted by Gasteiger charge is 2.27. The van der Waals surface area contributed by atoms with Gasteiger partial charge in [0, 0.05) is 10.6 Å². The van der Waals surface area contributed by atoms with Crippen LogP contribution in [-0.2, 0) is 4.79 Å². The molecule has 0 aromatic heterocycles. The summed E-state index contributed by atoms with van der Waals surface area (Å²) in [5.41, 5.74) is 1.05. The van der Waals surface area contributed by atoms with E-state index in [1.807, 2.05) is 6.07 Å². The van der Waals surface area contributed by atoms with Crippen LogP contribution >= 0.6 is 23.2 Å². The zero-order valence-electron chi connectivity index (χ0n) is 12.4. The normalized spacial score (nSPS) is 17.0. The fourth-order valence-electron chi connectivity index (χ4n) is 2.32. The molecule has 5 nitrogen and oxygen atoms in total. The van der Waals surface area contributed by atoms with E-state index < -0.39 is 6.04 Å². The highest BCUT2D eigenvalue weighted by Crippen LogP contribution is 2.25. The molecular weight excluding hydrogens is 349 g/mol. The standard InChI is InChI=1S/C17H13Cl2N3O2/c18-11-6-7-13(12(19)8-11)20-17-21-14(9-15(23)22-17)16(24)10-4-2-1-3-5-10/h1-8,14H,9H2,(H2,20,21,22,23)/t14-/m0/s1. The molecule has 3 rings (SSSR count). The van der Waals surface area contributed by atoms with E-state index in [-0.39, 0.29) is 24.1 Å². The Labute approximate surface area is 148 Å². The minimum Gasteiger partial charge on any atom is -0.325 e. The minimum absolute atomic E-state index is 0.00720. The van der Waals surface area contributed by atoms with E-state index in [1.165, 1.54) is 0 Å². The Morgan fingerprint density at radius 1 is 1.17 bits per heavy atom. The van der Waals surface area contributed by atoms with Gasteiger partial charge in [0.1, 0.15) is 6.04 Å². The molecule has 0 radical (unpaired) electrons. The molecule has 24 heavy (non-hydrogen) atoms. The molecule has 0 bridgehead atoms. The maximum Gasteiger partial charge on any atom is 0.229 e. The Morgan fingerprint density at radius 3 is 2.62 bits per heavy atom. The molecule has 0 spiro atoms. The molecule has 0 aliphatic carbocycles. The van der Waals surface area contributed by atoms with Crippen LogP contribution in [0, 0.1) is 0 Å². The number of guanidine groups is 1. The van der Waals surface area contributed by atoms with Gasteiger partial charge in [0.15, 0.2) is 5.78 Å². The number of rotatable bonds is 3. The van der Waals surface area contributed by atoms with Gasteiger partial charge in [-0.2, -0.15) is 0 Å². The molecule has 0 unspecified atom stereocenters. The zero-order valence-corrected chi connectivity index (χ0v) is 13.9. The number of ketones is 1. The number of amides is 1. The molecule has 1 aliphatic rings. The van der Waals surface area contributed by atoms with Gasteiger partial charge < -0.3 is 5.32 Å². The van der Waals surface area contributed by atoms with E-state index in [2.05, 4.69) is 15.6 Å². The first-order valence-electron chi connectivity index (χ1n) is 7.22. The summed E-state index contributed by atoms with van der Waals surface area (Å²) in [4.78, 5) is 28.7. The van der Waals surface area contributed by atoms with Crippen LogP contribution in [0.2, 0.25) is 10.0 Å². The number of Topliss-reactive ketones (excluding diaryl/α,β-unsaturated/α-hetero) is 1. The van der Waals surface area contributed by atoms with Crippen molar-refractivity contribution >= 4 is 46.5 Å². The van der Waals surface area contributed by atoms with Crippen molar-refractivity contribution in [2.45, 2.75) is 12.5 Å². The number of aliphatic imine (C=N–C) groups is 1. The molecule has 122 valence electrons. The molecule has 2 N–H and O–H groups in total. The van der Waals surface area contributed by atoms with Gasteiger partial charge in [-0.15, -0.1) is 0 Å². The number of carbonyl (C=O) groups is 2. The van der Waals surface area contributed by atoms with Crippen LogP contribution in [0.4, 0.5) is 5.69 Å². The lowest BCUT2D eigenvalue weighted by atomic mass is 10.0. The summed E-state index contributed by atoms with van der Waals surface area (Å²) in [6.45, 7) is 0. The van der Waals surface area contributed by atoms with Crippen molar-refractivity contribution in [3.05, 3.63) is 64.1 Å². The Morgan fingerprint density at radius 2 is 1.92 bits per heavy atom. The molecular formula is C17H13Cl2N3O2. The number of anilines is 1. The van der Waals surface area contributed by atoms with Crippen molar-refractivity contribution in [1.82, 2.24) is 5.32 Å². The van der Waals surface area contributed by atoms with Crippen molar-refractivity contribution in [1.29, 1.82) is 0 Å². The molecule has 2 aromatic carbocycles. The van der Waals surface area contributed by atoms with Crippen LogP contribution < -0.4 is 10.6 Å². The first-order chi connectivity index (χ1) is 11.5. The summed E-state index contributed by atoms with van der Waals surface area (Å²) >= 11 is 12.0. The van der Waals surface area contributed by atoms with Crippen molar-refractivity contribution in [3.63, 3.8) is 0 Å². The SMILES string of the molecule is O=C1C[C@@H](C(=O)c2ccccc2)N=C(Nc2ccc(Cl)cc2Cl)N1. The first-order valence-corrected chi connectivity index (χ1v) is 7.97. The van der Waals surface area contributed by atoms with Gasteiger partial charge in [0.05, 0.1) is 17.1 Å². The van der Waals surface area contributed by atoms with E-state index >= 15 is 0 Å². The van der Waals surface area contributed by atoms with Gasteiger partial charge in [-0.05, 0) is 18.2 Å². The van der Waals surface area contributed by atoms with Gasteiger partial charge in [-0.3, -0.25) is 14.9 Å². The molecule has 7 heteroatoms. The Balaban J connectivity index is 1.83. The summed E-state index contributed by atoms with van der Waals surface area (Å²) in [6.07, 6.45) is 0.00720. The second-order valence-corrected chi connectivity index (χ2v) is 6.07. The lowest BCUT2D eigenvalue weighted by Crippen LogP contribution is -2.44. The number of nitrogens with one attached hydrogen (secondary N) is 2. The fourth-order valence-corrected chi connectivity index (χ4v) is 2.78. The van der Waals surface area contributed by atoms with Gasteiger partial charge in [0.2, 0.25) is 11.9 Å². The third-order valence-corrected chi connectivity index (χ3v) is 4.01. The van der Waals surface area contributed by atoms with Crippen LogP contribution in [0.25, 0.3) is 0 Å². The van der Waals surface area contributed by atoms with Gasteiger partial charge in [0.25, 0.3) is 0 Å². The third-order valence-electron chi connectivity index (χ3n) is 3.47. The summed E-state index contributed by atoms with van der Waals surface area (Å²) in [5, 5.41) is 6.40. The monoisotopic (exact) mass is 361 g/mol. The number of hydrogen-bond donors (Lipinski definition) is 2. The van der Waals surface area contributed by atoms with Crippen molar-refractivity contribution < 1.29 is 9.59 Å². The minimum atomic E-state index is -0.769. The second kappa shape index (κ2) is 7.03. The van der Waals surface area contributed by atoms with Crippen molar-refractivity contribution in [2.75, 3.05) is 5.32 Å². The predicted molar refractivity (Wildman–Crippen MR) is 94.8 cm³/mol. The van der Waals surface area contributed by atoms with Crippen LogP contribution in [0.15, 0.2) is 53.5 Å². The first kappa shape index (κ1) is 16.5. The van der Waals surface area contributed by atoms with Gasteiger partial charge in [-0.1, -0.05) is 53.5 Å². The second-order valence-electron chi connectivity index (χ2n) is 5.23. The maximum atomic E-state index is 12.5. The zero-order chi connectivity index (χ0) is 17.1. The quantitative estimate of drug-likeness (QED) is 0.821.